The number of hydrogen-bond acceptors (Lipinski definition) is 4. The molecule has 0 spiro atoms. The highest BCUT2D eigenvalue weighted by Gasteiger charge is 2.17. The molecule has 0 aliphatic rings. The van der Waals surface area contributed by atoms with Crippen molar-refractivity contribution in [3.05, 3.63) is 51.6 Å². The Labute approximate surface area is 136 Å². The van der Waals surface area contributed by atoms with Gasteiger partial charge in [-0.25, -0.2) is 17.5 Å². The van der Waals surface area contributed by atoms with Crippen molar-refractivity contribution in [1.82, 2.24) is 10.0 Å². The summed E-state index contributed by atoms with van der Waals surface area (Å²) in [4.78, 5) is 12.2. The number of carbonyl (C=O) groups is 1. The molecule has 0 atom stereocenters. The van der Waals surface area contributed by atoms with Crippen molar-refractivity contribution in [2.45, 2.75) is 10.8 Å². The van der Waals surface area contributed by atoms with E-state index in [4.69, 9.17) is 11.6 Å². The van der Waals surface area contributed by atoms with E-state index < -0.39 is 21.7 Å². The predicted octanol–water partition coefficient (Wildman–Crippen LogP) is 2.38. The molecule has 22 heavy (non-hydrogen) atoms. The molecule has 1 aromatic heterocycles. The Hall–Kier alpha value is -1.48. The minimum Gasteiger partial charge on any atom is -0.347 e. The number of carbonyl (C=O) groups excluding carboxylic acids is 1. The average Bonchev–Trinajstić information content (AvgIpc) is 2.96. The van der Waals surface area contributed by atoms with Gasteiger partial charge in [0.15, 0.2) is 0 Å². The molecule has 0 saturated carbocycles. The molecule has 0 saturated heterocycles. The molecular weight excluding hydrogens is 351 g/mol. The van der Waals surface area contributed by atoms with Crippen LogP contribution in [0.1, 0.15) is 15.2 Å². The summed E-state index contributed by atoms with van der Waals surface area (Å²) in [7, 11) is -2.29. The number of benzene rings is 1. The van der Waals surface area contributed by atoms with Crippen molar-refractivity contribution in [1.29, 1.82) is 0 Å². The van der Waals surface area contributed by atoms with Gasteiger partial charge in [0.1, 0.15) is 10.0 Å². The molecule has 2 rings (SSSR count). The summed E-state index contributed by atoms with van der Waals surface area (Å²) in [5, 5.41) is 2.80. The molecule has 0 unspecified atom stereocenters. The zero-order valence-electron chi connectivity index (χ0n) is 11.4. The Kier molecular flexibility index (Phi) is 5.17. The van der Waals surface area contributed by atoms with Crippen LogP contribution in [0.25, 0.3) is 0 Å². The zero-order valence-corrected chi connectivity index (χ0v) is 13.8. The number of nitrogens with one attached hydrogen (secondary N) is 2. The molecule has 0 aliphatic heterocycles. The minimum atomic E-state index is -3.58. The van der Waals surface area contributed by atoms with Gasteiger partial charge >= 0.3 is 0 Å². The van der Waals surface area contributed by atoms with Gasteiger partial charge in [-0.05, 0) is 31.3 Å². The molecule has 0 fully saturated rings. The van der Waals surface area contributed by atoms with E-state index in [-0.39, 0.29) is 26.2 Å². The third kappa shape index (κ3) is 3.83. The Morgan fingerprint density at radius 1 is 1.32 bits per heavy atom. The van der Waals surface area contributed by atoms with E-state index >= 15 is 0 Å². The Morgan fingerprint density at radius 2 is 2.05 bits per heavy atom. The molecule has 5 nitrogen and oxygen atoms in total. The van der Waals surface area contributed by atoms with Crippen LogP contribution in [0.3, 0.4) is 0 Å². The molecule has 0 radical (unpaired) electrons. The number of halogens is 2. The third-order valence-corrected chi connectivity index (χ3v) is 6.02. The number of hydrogen-bond donors (Lipinski definition) is 2. The van der Waals surface area contributed by atoms with Gasteiger partial charge in [-0.15, -0.1) is 11.3 Å². The molecular formula is C13H12ClFN2O3S2. The second kappa shape index (κ2) is 6.74. The van der Waals surface area contributed by atoms with Gasteiger partial charge in [0.25, 0.3) is 5.91 Å². The summed E-state index contributed by atoms with van der Waals surface area (Å²) < 4.78 is 39.0. The van der Waals surface area contributed by atoms with Crippen LogP contribution in [0.4, 0.5) is 4.39 Å². The summed E-state index contributed by atoms with van der Waals surface area (Å²) >= 11 is 6.48. The molecule has 1 aromatic carbocycles. The van der Waals surface area contributed by atoms with Crippen LogP contribution >= 0.6 is 22.9 Å². The SMILES string of the molecule is CNS(=O)(=O)c1ccc(C(=O)NCc2ccc(Cl)cc2F)s1. The maximum Gasteiger partial charge on any atom is 0.261 e. The van der Waals surface area contributed by atoms with Crippen molar-refractivity contribution in [2.24, 2.45) is 0 Å². The van der Waals surface area contributed by atoms with Gasteiger partial charge in [0.05, 0.1) is 4.88 Å². The van der Waals surface area contributed by atoms with Crippen LogP contribution in [-0.4, -0.2) is 21.4 Å². The molecule has 0 bridgehead atoms. The molecule has 1 heterocycles. The van der Waals surface area contributed by atoms with Crippen LogP contribution < -0.4 is 10.0 Å². The van der Waals surface area contributed by atoms with Gasteiger partial charge in [0, 0.05) is 17.1 Å². The van der Waals surface area contributed by atoms with E-state index in [2.05, 4.69) is 10.0 Å². The van der Waals surface area contributed by atoms with Crippen LogP contribution in [0.2, 0.25) is 5.02 Å². The number of rotatable bonds is 5. The molecule has 1 amide bonds. The fourth-order valence-electron chi connectivity index (χ4n) is 1.61. The van der Waals surface area contributed by atoms with Crippen molar-refractivity contribution >= 4 is 38.9 Å². The maximum atomic E-state index is 13.6. The summed E-state index contributed by atoms with van der Waals surface area (Å²) in [5.41, 5.74) is 0.289. The summed E-state index contributed by atoms with van der Waals surface area (Å²) in [6, 6.07) is 6.90. The van der Waals surface area contributed by atoms with Crippen molar-refractivity contribution in [2.75, 3.05) is 7.05 Å². The lowest BCUT2D eigenvalue weighted by Crippen LogP contribution is -2.22. The Morgan fingerprint density at radius 3 is 2.68 bits per heavy atom. The van der Waals surface area contributed by atoms with E-state index in [9.17, 15) is 17.6 Å². The lowest BCUT2D eigenvalue weighted by atomic mass is 10.2. The first kappa shape index (κ1) is 16.9. The highest BCUT2D eigenvalue weighted by Crippen LogP contribution is 2.21. The third-order valence-electron chi connectivity index (χ3n) is 2.79. The predicted molar refractivity (Wildman–Crippen MR) is 83.1 cm³/mol. The van der Waals surface area contributed by atoms with Gasteiger partial charge < -0.3 is 5.32 Å². The van der Waals surface area contributed by atoms with Crippen molar-refractivity contribution in [3.8, 4) is 0 Å². The van der Waals surface area contributed by atoms with E-state index in [0.717, 1.165) is 17.4 Å². The zero-order chi connectivity index (χ0) is 16.3. The second-order valence-electron chi connectivity index (χ2n) is 4.24. The quantitative estimate of drug-likeness (QED) is 0.857. The second-order valence-corrected chi connectivity index (χ2v) is 7.88. The molecule has 118 valence electrons. The molecule has 2 N–H and O–H groups in total. The van der Waals surface area contributed by atoms with Crippen LogP contribution in [-0.2, 0) is 16.6 Å². The Balaban J connectivity index is 2.07. The first-order valence-electron chi connectivity index (χ1n) is 6.09. The van der Waals surface area contributed by atoms with Crippen LogP contribution in [0, 0.1) is 5.82 Å². The van der Waals surface area contributed by atoms with Crippen molar-refractivity contribution in [3.63, 3.8) is 0 Å². The fraction of sp³-hybridized carbons (Fsp3) is 0.154. The van der Waals surface area contributed by atoms with Gasteiger partial charge in [0.2, 0.25) is 10.0 Å². The average molecular weight is 363 g/mol. The number of amides is 1. The van der Waals surface area contributed by atoms with Gasteiger partial charge in [-0.1, -0.05) is 17.7 Å². The monoisotopic (exact) mass is 362 g/mol. The highest BCUT2D eigenvalue weighted by molar-refractivity contribution is 7.91. The topological polar surface area (TPSA) is 75.3 Å². The lowest BCUT2D eigenvalue weighted by molar-refractivity contribution is 0.0954. The highest BCUT2D eigenvalue weighted by atomic mass is 35.5. The summed E-state index contributed by atoms with van der Waals surface area (Å²) in [6.07, 6.45) is 0. The summed E-state index contributed by atoms with van der Waals surface area (Å²) in [6.45, 7) is -0.0200. The van der Waals surface area contributed by atoms with E-state index in [0.29, 0.717) is 0 Å². The number of thiophene rings is 1. The fourth-order valence-corrected chi connectivity index (χ4v) is 3.83. The molecule has 2 aromatic rings. The molecule has 9 heteroatoms. The standard InChI is InChI=1S/C13H12ClFN2O3S2/c1-16-22(19,20)12-5-4-11(21-12)13(18)17-7-8-2-3-9(14)6-10(8)15/h2-6,16H,7H2,1H3,(H,17,18). The van der Waals surface area contributed by atoms with Crippen molar-refractivity contribution < 1.29 is 17.6 Å². The minimum absolute atomic E-state index is 0.0200. The largest absolute Gasteiger partial charge is 0.347 e. The van der Waals surface area contributed by atoms with Crippen LogP contribution in [0.15, 0.2) is 34.5 Å². The van der Waals surface area contributed by atoms with E-state index in [1.807, 2.05) is 0 Å². The van der Waals surface area contributed by atoms with Gasteiger partial charge in [-0.3, -0.25) is 4.79 Å². The smallest absolute Gasteiger partial charge is 0.261 e. The Bertz CT molecular complexity index is 805. The molecule has 0 aliphatic carbocycles. The van der Waals surface area contributed by atoms with E-state index in [1.54, 1.807) is 0 Å². The van der Waals surface area contributed by atoms with Gasteiger partial charge in [-0.2, -0.15) is 0 Å². The first-order valence-corrected chi connectivity index (χ1v) is 8.77. The maximum absolute atomic E-state index is 13.6. The first-order chi connectivity index (χ1) is 10.3. The number of sulfonamides is 1. The normalized spacial score (nSPS) is 11.4. The van der Waals surface area contributed by atoms with Crippen LogP contribution in [0.5, 0.6) is 0 Å². The van der Waals surface area contributed by atoms with E-state index in [1.165, 1.54) is 31.3 Å². The summed E-state index contributed by atoms with van der Waals surface area (Å²) in [5.74, 6) is -0.991. The lowest BCUT2D eigenvalue weighted by Gasteiger charge is -2.05.